The van der Waals surface area contributed by atoms with Crippen LogP contribution in [0.25, 0.3) is 33.0 Å². The van der Waals surface area contributed by atoms with Crippen molar-refractivity contribution in [2.24, 2.45) is 0 Å². The third-order valence-corrected chi connectivity index (χ3v) is 5.30. The van der Waals surface area contributed by atoms with Crippen LogP contribution in [0.4, 0.5) is 17.6 Å². The number of hydrogen-bond acceptors (Lipinski definition) is 0. The number of fused-ring (bicyclic) bond motifs is 1. The van der Waals surface area contributed by atoms with Gasteiger partial charge in [0.25, 0.3) is 0 Å². The molecule has 0 aliphatic heterocycles. The molecule has 152 valence electrons. The van der Waals surface area contributed by atoms with Crippen molar-refractivity contribution < 1.29 is 17.6 Å². The zero-order valence-corrected chi connectivity index (χ0v) is 16.4. The van der Waals surface area contributed by atoms with Gasteiger partial charge in [0.15, 0.2) is 0 Å². The van der Waals surface area contributed by atoms with Crippen LogP contribution in [0.15, 0.2) is 78.9 Å². The van der Waals surface area contributed by atoms with Gasteiger partial charge in [0.1, 0.15) is 5.82 Å². The van der Waals surface area contributed by atoms with Crippen LogP contribution in [0.3, 0.4) is 0 Å². The number of benzene rings is 4. The van der Waals surface area contributed by atoms with Crippen LogP contribution in [0.1, 0.15) is 24.5 Å². The minimum Gasteiger partial charge on any atom is -0.206 e. The van der Waals surface area contributed by atoms with Crippen molar-refractivity contribution >= 4 is 10.8 Å². The summed E-state index contributed by atoms with van der Waals surface area (Å²) in [6.45, 7) is 2.14. The smallest absolute Gasteiger partial charge is 0.206 e. The van der Waals surface area contributed by atoms with E-state index in [-0.39, 0.29) is 5.56 Å². The Kier molecular flexibility index (Phi) is 5.33. The summed E-state index contributed by atoms with van der Waals surface area (Å²) in [6, 6.07) is 21.9. The van der Waals surface area contributed by atoms with E-state index in [2.05, 4.69) is 31.2 Å². The largest absolute Gasteiger partial charge is 0.416 e. The molecule has 0 nitrogen and oxygen atoms in total. The quantitative estimate of drug-likeness (QED) is 0.298. The highest BCUT2D eigenvalue weighted by atomic mass is 19.4. The first-order valence-electron chi connectivity index (χ1n) is 9.86. The maximum atomic E-state index is 15.1. The predicted octanol–water partition coefficient (Wildman–Crippen LogP) is 8.28. The third kappa shape index (κ3) is 3.95. The molecule has 0 unspecified atom stereocenters. The van der Waals surface area contributed by atoms with Crippen molar-refractivity contribution in [3.8, 4) is 22.3 Å². The van der Waals surface area contributed by atoms with Crippen molar-refractivity contribution in [1.29, 1.82) is 0 Å². The molecule has 0 atom stereocenters. The van der Waals surface area contributed by atoms with E-state index < -0.39 is 17.6 Å². The van der Waals surface area contributed by atoms with Crippen molar-refractivity contribution in [3.05, 3.63) is 95.8 Å². The molecular formula is C26H20F4. The summed E-state index contributed by atoms with van der Waals surface area (Å²) >= 11 is 0. The first-order chi connectivity index (χ1) is 14.4. The van der Waals surface area contributed by atoms with E-state index in [4.69, 9.17) is 0 Å². The molecule has 0 spiro atoms. The van der Waals surface area contributed by atoms with Gasteiger partial charge in [-0.05, 0) is 52.3 Å². The molecule has 0 aliphatic rings. The Morgan fingerprint density at radius 2 is 1.33 bits per heavy atom. The molecular weight excluding hydrogens is 388 g/mol. The Morgan fingerprint density at radius 1 is 0.700 bits per heavy atom. The molecule has 0 aliphatic carbocycles. The van der Waals surface area contributed by atoms with Crippen LogP contribution < -0.4 is 0 Å². The number of alkyl halides is 3. The second kappa shape index (κ2) is 7.94. The summed E-state index contributed by atoms with van der Waals surface area (Å²) < 4.78 is 53.5. The normalized spacial score (nSPS) is 11.8. The molecule has 4 aromatic carbocycles. The summed E-state index contributed by atoms with van der Waals surface area (Å²) in [6.07, 6.45) is -2.28. The van der Waals surface area contributed by atoms with Gasteiger partial charge in [0.05, 0.1) is 5.56 Å². The predicted molar refractivity (Wildman–Crippen MR) is 114 cm³/mol. The van der Waals surface area contributed by atoms with Gasteiger partial charge in [-0.15, -0.1) is 0 Å². The van der Waals surface area contributed by atoms with Crippen molar-refractivity contribution in [2.45, 2.75) is 25.9 Å². The van der Waals surface area contributed by atoms with Crippen LogP contribution in [0.2, 0.25) is 0 Å². The lowest BCUT2D eigenvalue weighted by molar-refractivity contribution is -0.137. The fourth-order valence-electron chi connectivity index (χ4n) is 3.69. The molecule has 30 heavy (non-hydrogen) atoms. The summed E-state index contributed by atoms with van der Waals surface area (Å²) in [5, 5.41) is 1.19. The molecule has 0 saturated carbocycles. The van der Waals surface area contributed by atoms with Gasteiger partial charge < -0.3 is 0 Å². The van der Waals surface area contributed by atoms with E-state index in [1.165, 1.54) is 17.7 Å². The van der Waals surface area contributed by atoms with E-state index in [0.29, 0.717) is 10.9 Å². The molecule has 0 bridgehead atoms. The van der Waals surface area contributed by atoms with E-state index in [1.807, 2.05) is 12.1 Å². The molecule has 0 amide bonds. The Bertz CT molecular complexity index is 1170. The number of halogens is 4. The summed E-state index contributed by atoms with van der Waals surface area (Å²) in [4.78, 5) is 0. The lowest BCUT2D eigenvalue weighted by atomic mass is 9.96. The molecule has 0 aromatic heterocycles. The lowest BCUT2D eigenvalue weighted by Gasteiger charge is -2.11. The highest BCUT2D eigenvalue weighted by Crippen LogP contribution is 2.34. The van der Waals surface area contributed by atoms with Crippen molar-refractivity contribution in [3.63, 3.8) is 0 Å². The van der Waals surface area contributed by atoms with Gasteiger partial charge in [-0.1, -0.05) is 74.0 Å². The van der Waals surface area contributed by atoms with Crippen molar-refractivity contribution in [1.82, 2.24) is 0 Å². The fourth-order valence-corrected chi connectivity index (χ4v) is 3.69. The number of aryl methyl sites for hydroxylation is 1. The van der Waals surface area contributed by atoms with Gasteiger partial charge in [-0.3, -0.25) is 0 Å². The van der Waals surface area contributed by atoms with Gasteiger partial charge in [-0.2, -0.15) is 13.2 Å². The highest BCUT2D eigenvalue weighted by molar-refractivity contribution is 5.91. The highest BCUT2D eigenvalue weighted by Gasteiger charge is 2.30. The molecule has 4 aromatic rings. The van der Waals surface area contributed by atoms with Gasteiger partial charge in [0.2, 0.25) is 0 Å². The standard InChI is InChI=1S/C26H20F4/c1-2-3-17-4-6-18(7-5-17)20-10-14-24-21(16-20)11-15-23(25(24)27)19-8-12-22(13-9-19)26(28,29)30/h4-16H,2-3H2,1H3. The molecule has 0 radical (unpaired) electrons. The fraction of sp³-hybridized carbons (Fsp3) is 0.154. The van der Waals surface area contributed by atoms with E-state index in [1.54, 1.807) is 18.2 Å². The molecule has 4 rings (SSSR count). The first kappa shape index (κ1) is 20.1. The number of hydrogen-bond donors (Lipinski definition) is 0. The maximum Gasteiger partial charge on any atom is 0.416 e. The van der Waals surface area contributed by atoms with Crippen LogP contribution in [0.5, 0.6) is 0 Å². The summed E-state index contributed by atoms with van der Waals surface area (Å²) in [5.41, 5.74) is 3.29. The first-order valence-corrected chi connectivity index (χ1v) is 9.86. The Hall–Kier alpha value is -3.14. The topological polar surface area (TPSA) is 0 Å². The van der Waals surface area contributed by atoms with Gasteiger partial charge in [0, 0.05) is 10.9 Å². The van der Waals surface area contributed by atoms with Crippen LogP contribution in [-0.2, 0) is 12.6 Å². The van der Waals surface area contributed by atoms with Crippen molar-refractivity contribution in [2.75, 3.05) is 0 Å². The van der Waals surface area contributed by atoms with E-state index in [0.717, 1.165) is 41.5 Å². The van der Waals surface area contributed by atoms with Crippen LogP contribution in [-0.4, -0.2) is 0 Å². The second-order valence-electron chi connectivity index (χ2n) is 7.39. The third-order valence-electron chi connectivity index (χ3n) is 5.30. The Labute approximate surface area is 172 Å². The summed E-state index contributed by atoms with van der Waals surface area (Å²) in [7, 11) is 0. The molecule has 0 N–H and O–H groups in total. The van der Waals surface area contributed by atoms with Crippen LogP contribution in [0, 0.1) is 5.82 Å². The molecule has 0 heterocycles. The van der Waals surface area contributed by atoms with Gasteiger partial charge in [-0.25, -0.2) is 4.39 Å². The minimum absolute atomic E-state index is 0.285. The second-order valence-corrected chi connectivity index (χ2v) is 7.39. The maximum absolute atomic E-state index is 15.1. The Morgan fingerprint density at radius 3 is 1.97 bits per heavy atom. The van der Waals surface area contributed by atoms with E-state index in [9.17, 15) is 13.2 Å². The average Bonchev–Trinajstić information content (AvgIpc) is 2.74. The molecule has 0 fully saturated rings. The average molecular weight is 408 g/mol. The molecule has 0 saturated heterocycles. The summed E-state index contributed by atoms with van der Waals surface area (Å²) in [5.74, 6) is -0.433. The zero-order valence-electron chi connectivity index (χ0n) is 16.4. The van der Waals surface area contributed by atoms with Gasteiger partial charge >= 0.3 is 6.18 Å². The van der Waals surface area contributed by atoms with Crippen LogP contribution >= 0.6 is 0 Å². The monoisotopic (exact) mass is 408 g/mol. The zero-order chi connectivity index (χ0) is 21.3. The lowest BCUT2D eigenvalue weighted by Crippen LogP contribution is -2.04. The Balaban J connectivity index is 1.69. The van der Waals surface area contributed by atoms with E-state index >= 15 is 4.39 Å². The SMILES string of the molecule is CCCc1ccc(-c2ccc3c(F)c(-c4ccc(C(F)(F)F)cc4)ccc3c2)cc1. The minimum atomic E-state index is -4.41. The number of rotatable bonds is 4. The molecule has 4 heteroatoms.